The molecule has 132 valence electrons. The lowest BCUT2D eigenvalue weighted by Crippen LogP contribution is -2.37. The number of rotatable bonds is 3. The Morgan fingerprint density at radius 3 is 2.32 bits per heavy atom. The molecule has 0 atom stereocenters. The van der Waals surface area contributed by atoms with E-state index in [9.17, 15) is 9.59 Å². The van der Waals surface area contributed by atoms with Crippen molar-refractivity contribution in [2.75, 3.05) is 20.8 Å². The van der Waals surface area contributed by atoms with E-state index in [-0.39, 0.29) is 5.91 Å². The molecule has 0 radical (unpaired) electrons. The van der Waals surface area contributed by atoms with Gasteiger partial charge in [0.25, 0.3) is 5.91 Å². The summed E-state index contributed by atoms with van der Waals surface area (Å²) in [6.07, 6.45) is 0.732. The van der Waals surface area contributed by atoms with Crippen LogP contribution in [-0.2, 0) is 13.0 Å². The molecule has 1 amide bonds. The number of carbonyl (C=O) groups is 1. The first kappa shape index (κ1) is 17.1. The highest BCUT2D eigenvalue weighted by Gasteiger charge is 2.26. The quantitative estimate of drug-likeness (QED) is 0.856. The third-order valence-corrected chi connectivity index (χ3v) is 4.55. The first-order valence-electron chi connectivity index (χ1n) is 8.09. The van der Waals surface area contributed by atoms with E-state index >= 15 is 0 Å². The monoisotopic (exact) mass is 343 g/mol. The molecular weight excluding hydrogens is 322 g/mol. The normalized spacial score (nSPS) is 13.4. The van der Waals surface area contributed by atoms with Gasteiger partial charge in [0.15, 0.2) is 11.5 Å². The van der Waals surface area contributed by atoms with E-state index in [2.05, 4.69) is 0 Å². The van der Waals surface area contributed by atoms with Crippen molar-refractivity contribution < 1.29 is 18.7 Å². The molecule has 6 nitrogen and oxygen atoms in total. The maximum absolute atomic E-state index is 12.9. The van der Waals surface area contributed by atoms with E-state index in [1.807, 2.05) is 12.1 Å². The lowest BCUT2D eigenvalue weighted by molar-refractivity contribution is 0.0729. The predicted molar refractivity (Wildman–Crippen MR) is 92.4 cm³/mol. The fraction of sp³-hybridized carbons (Fsp3) is 0.368. The van der Waals surface area contributed by atoms with Crippen LogP contribution in [0.25, 0.3) is 0 Å². The summed E-state index contributed by atoms with van der Waals surface area (Å²) in [5.74, 6) is 1.57. The predicted octanol–water partition coefficient (Wildman–Crippen LogP) is 2.47. The van der Waals surface area contributed by atoms with Crippen molar-refractivity contribution in [1.29, 1.82) is 0 Å². The molecule has 25 heavy (non-hydrogen) atoms. The Hall–Kier alpha value is -2.76. The van der Waals surface area contributed by atoms with Crippen molar-refractivity contribution in [3.63, 3.8) is 0 Å². The summed E-state index contributed by atoms with van der Waals surface area (Å²) in [5.41, 5.74) is 2.84. The highest BCUT2D eigenvalue weighted by Crippen LogP contribution is 2.33. The summed E-state index contributed by atoms with van der Waals surface area (Å²) in [7, 11) is 3.20. The van der Waals surface area contributed by atoms with E-state index in [1.54, 1.807) is 33.0 Å². The van der Waals surface area contributed by atoms with Gasteiger partial charge in [0.05, 0.1) is 19.8 Å². The highest BCUT2D eigenvalue weighted by atomic mass is 16.5. The number of hydrogen-bond acceptors (Lipinski definition) is 5. The molecule has 0 spiro atoms. The smallest absolute Gasteiger partial charge is 0.336 e. The number of amides is 1. The van der Waals surface area contributed by atoms with Crippen LogP contribution >= 0.6 is 0 Å². The number of nitrogens with zero attached hydrogens (tertiary/aromatic N) is 1. The molecule has 0 unspecified atom stereocenters. The Balaban J connectivity index is 1.93. The van der Waals surface area contributed by atoms with Crippen molar-refractivity contribution in [1.82, 2.24) is 4.90 Å². The SMILES string of the molecule is COc1cc2c(cc1OC)CN(C(=O)c1c(C)cc(=O)oc1C)CC2. The lowest BCUT2D eigenvalue weighted by atomic mass is 9.97. The third-order valence-electron chi connectivity index (χ3n) is 4.55. The Morgan fingerprint density at radius 2 is 1.72 bits per heavy atom. The van der Waals surface area contributed by atoms with Gasteiger partial charge in [-0.05, 0) is 49.1 Å². The maximum Gasteiger partial charge on any atom is 0.336 e. The fourth-order valence-corrected chi connectivity index (χ4v) is 3.29. The molecule has 0 fully saturated rings. The number of methoxy groups -OCH3 is 2. The summed E-state index contributed by atoms with van der Waals surface area (Å²) < 4.78 is 15.8. The summed E-state index contributed by atoms with van der Waals surface area (Å²) in [5, 5.41) is 0. The number of benzene rings is 1. The van der Waals surface area contributed by atoms with Crippen LogP contribution in [0.3, 0.4) is 0 Å². The second-order valence-electron chi connectivity index (χ2n) is 6.13. The van der Waals surface area contributed by atoms with Gasteiger partial charge in [0.1, 0.15) is 5.76 Å². The second-order valence-corrected chi connectivity index (χ2v) is 6.13. The minimum Gasteiger partial charge on any atom is -0.493 e. The Morgan fingerprint density at radius 1 is 1.08 bits per heavy atom. The minimum atomic E-state index is -0.438. The molecule has 6 heteroatoms. The zero-order valence-corrected chi connectivity index (χ0v) is 14.8. The van der Waals surface area contributed by atoms with Gasteiger partial charge in [-0.2, -0.15) is 0 Å². The van der Waals surface area contributed by atoms with Gasteiger partial charge in [0, 0.05) is 19.2 Å². The molecule has 2 aromatic rings. The Bertz CT molecular complexity index is 858. The van der Waals surface area contributed by atoms with Gasteiger partial charge in [-0.1, -0.05) is 0 Å². The van der Waals surface area contributed by atoms with Crippen molar-refractivity contribution in [2.45, 2.75) is 26.8 Å². The van der Waals surface area contributed by atoms with Crippen molar-refractivity contribution in [3.05, 3.63) is 56.6 Å². The van der Waals surface area contributed by atoms with Crippen LogP contribution in [0.1, 0.15) is 32.8 Å². The Kier molecular flexibility index (Phi) is 4.53. The van der Waals surface area contributed by atoms with Crippen LogP contribution in [0.4, 0.5) is 0 Å². The summed E-state index contributed by atoms with van der Waals surface area (Å²) >= 11 is 0. The number of hydrogen-bond donors (Lipinski definition) is 0. The Labute approximate surface area is 146 Å². The molecule has 1 aliphatic heterocycles. The largest absolute Gasteiger partial charge is 0.493 e. The van der Waals surface area contributed by atoms with Gasteiger partial charge in [-0.3, -0.25) is 4.79 Å². The van der Waals surface area contributed by atoms with Crippen LogP contribution in [0.15, 0.2) is 27.4 Å². The lowest BCUT2D eigenvalue weighted by Gasteiger charge is -2.30. The van der Waals surface area contributed by atoms with Crippen molar-refractivity contribution in [2.24, 2.45) is 0 Å². The molecule has 2 heterocycles. The fourth-order valence-electron chi connectivity index (χ4n) is 3.29. The van der Waals surface area contributed by atoms with Crippen molar-refractivity contribution >= 4 is 5.91 Å². The second kappa shape index (κ2) is 6.63. The summed E-state index contributed by atoms with van der Waals surface area (Å²) in [6, 6.07) is 5.23. The van der Waals surface area contributed by atoms with Gasteiger partial charge in [-0.15, -0.1) is 0 Å². The average Bonchev–Trinajstić information content (AvgIpc) is 2.58. The standard InChI is InChI=1S/C19H21NO5/c1-11-7-17(21)25-12(2)18(11)19(22)20-6-5-13-8-15(23-3)16(24-4)9-14(13)10-20/h7-9H,5-6,10H2,1-4H3. The topological polar surface area (TPSA) is 69.0 Å². The van der Waals surface area contributed by atoms with Crippen LogP contribution in [0.2, 0.25) is 0 Å². The zero-order valence-electron chi connectivity index (χ0n) is 14.8. The average molecular weight is 343 g/mol. The number of aryl methyl sites for hydroxylation is 2. The number of ether oxygens (including phenoxy) is 2. The summed E-state index contributed by atoms with van der Waals surface area (Å²) in [4.78, 5) is 26.2. The van der Waals surface area contributed by atoms with Crippen molar-refractivity contribution in [3.8, 4) is 11.5 Å². The third kappa shape index (κ3) is 3.12. The molecule has 3 rings (SSSR count). The van der Waals surface area contributed by atoms with Gasteiger partial charge in [0.2, 0.25) is 0 Å². The van der Waals surface area contributed by atoms with Gasteiger partial charge < -0.3 is 18.8 Å². The molecule has 0 bridgehead atoms. The van der Waals surface area contributed by atoms with E-state index < -0.39 is 5.63 Å². The molecular formula is C19H21NO5. The van der Waals surface area contributed by atoms with Crippen LogP contribution in [0, 0.1) is 13.8 Å². The minimum absolute atomic E-state index is 0.126. The first-order chi connectivity index (χ1) is 11.9. The molecule has 0 saturated carbocycles. The molecule has 1 aromatic heterocycles. The molecule has 1 aromatic carbocycles. The van der Waals surface area contributed by atoms with Gasteiger partial charge in [-0.25, -0.2) is 4.79 Å². The van der Waals surface area contributed by atoms with Crippen LogP contribution in [-0.4, -0.2) is 31.6 Å². The van der Waals surface area contributed by atoms with E-state index in [1.165, 1.54) is 6.07 Å². The number of fused-ring (bicyclic) bond motifs is 1. The maximum atomic E-state index is 12.9. The zero-order chi connectivity index (χ0) is 18.1. The highest BCUT2D eigenvalue weighted by molar-refractivity contribution is 5.96. The number of carbonyl (C=O) groups excluding carboxylic acids is 1. The molecule has 0 saturated heterocycles. The van der Waals surface area contributed by atoms with Gasteiger partial charge >= 0.3 is 5.63 Å². The molecule has 0 N–H and O–H groups in total. The summed E-state index contributed by atoms with van der Waals surface area (Å²) in [6.45, 7) is 4.47. The van der Waals surface area contributed by atoms with Crippen LogP contribution < -0.4 is 15.1 Å². The van der Waals surface area contributed by atoms with E-state index in [4.69, 9.17) is 13.9 Å². The molecule has 1 aliphatic rings. The van der Waals surface area contributed by atoms with E-state index in [0.29, 0.717) is 41.5 Å². The first-order valence-corrected chi connectivity index (χ1v) is 8.09. The molecule has 0 aliphatic carbocycles. The van der Waals surface area contributed by atoms with Crippen LogP contribution in [0.5, 0.6) is 11.5 Å². The van der Waals surface area contributed by atoms with E-state index in [0.717, 1.165) is 17.5 Å².